The van der Waals surface area contributed by atoms with Crippen LogP contribution in [0.25, 0.3) is 0 Å². The third-order valence-electron chi connectivity index (χ3n) is 1.53. The summed E-state index contributed by atoms with van der Waals surface area (Å²) in [4.78, 5) is 7.09. The minimum atomic E-state index is 0.0683. The van der Waals surface area contributed by atoms with Crippen molar-refractivity contribution in [1.29, 1.82) is 0 Å². The first-order chi connectivity index (χ1) is 5.47. The molecule has 0 saturated carbocycles. The molecule has 11 heavy (non-hydrogen) atoms. The molecule has 1 unspecified atom stereocenters. The summed E-state index contributed by atoms with van der Waals surface area (Å²) in [6, 6.07) is 0. The maximum absolute atomic E-state index is 5.01. The molecule has 0 bridgehead atoms. The Labute approximate surface area is 65.1 Å². The van der Waals surface area contributed by atoms with Crippen molar-refractivity contribution in [1.82, 2.24) is 9.97 Å². The molecule has 1 aromatic heterocycles. The molecule has 1 atom stereocenters. The van der Waals surface area contributed by atoms with Gasteiger partial charge in [-0.3, -0.25) is 0 Å². The summed E-state index contributed by atoms with van der Waals surface area (Å²) in [5.74, 6) is 0.944. The average molecular weight is 148 g/mol. The highest BCUT2D eigenvalue weighted by Gasteiger charge is 2.14. The summed E-state index contributed by atoms with van der Waals surface area (Å²) < 4.78 is 5.01. The fourth-order valence-electron chi connectivity index (χ4n) is 1.01. The third kappa shape index (κ3) is 1.33. The number of rotatable bonds is 1. The number of imidazole rings is 1. The monoisotopic (exact) mass is 148 g/mol. The van der Waals surface area contributed by atoms with Gasteiger partial charge >= 0.3 is 0 Å². The second-order valence-corrected chi connectivity index (χ2v) is 2.31. The van der Waals surface area contributed by atoms with Gasteiger partial charge in [0.15, 0.2) is 0 Å². The zero-order valence-electron chi connectivity index (χ0n) is 5.95. The summed E-state index contributed by atoms with van der Waals surface area (Å²) >= 11 is 0. The van der Waals surface area contributed by atoms with E-state index in [0.29, 0.717) is 6.61 Å². The van der Waals surface area contributed by atoms with Crippen molar-refractivity contribution in [2.75, 3.05) is 6.61 Å². The Hall–Kier alpha value is -1.09. The summed E-state index contributed by atoms with van der Waals surface area (Å²) in [6.45, 7) is 3.46. The number of hydrogen-bond acceptors (Lipinski definition) is 2. The van der Waals surface area contributed by atoms with Crippen molar-refractivity contribution in [2.45, 2.75) is 5.92 Å². The predicted molar refractivity (Wildman–Crippen MR) is 39.7 cm³/mol. The molecule has 0 amide bonds. The fourth-order valence-corrected chi connectivity index (χ4v) is 1.01. The molecular formula is C8H8N2O. The number of ether oxygens (including phenoxy) is 1. The van der Waals surface area contributed by atoms with E-state index >= 15 is 0 Å². The number of H-pyrrole nitrogens is 1. The molecule has 0 spiro atoms. The van der Waals surface area contributed by atoms with E-state index in [1.807, 2.05) is 12.2 Å². The van der Waals surface area contributed by atoms with Crippen molar-refractivity contribution in [2.24, 2.45) is 0 Å². The van der Waals surface area contributed by atoms with Crippen molar-refractivity contribution in [3.8, 4) is 0 Å². The number of hydrogen-bond donors (Lipinski definition) is 1. The van der Waals surface area contributed by atoms with E-state index in [0.717, 1.165) is 5.82 Å². The lowest BCUT2D eigenvalue weighted by Gasteiger charge is -2.11. The molecule has 2 rings (SSSR count). The SMILES string of the molecule is [C]1OCC=CC1c1ncc[nH]1. The van der Waals surface area contributed by atoms with Crippen LogP contribution in [0.1, 0.15) is 11.7 Å². The highest BCUT2D eigenvalue weighted by Crippen LogP contribution is 2.19. The first-order valence-electron chi connectivity index (χ1n) is 3.50. The molecule has 0 fully saturated rings. The van der Waals surface area contributed by atoms with Crippen LogP contribution in [0, 0.1) is 6.61 Å². The topological polar surface area (TPSA) is 37.9 Å². The molecule has 56 valence electrons. The van der Waals surface area contributed by atoms with Crippen molar-refractivity contribution < 1.29 is 4.74 Å². The largest absolute Gasteiger partial charge is 0.363 e. The molecule has 1 N–H and O–H groups in total. The number of aromatic nitrogens is 2. The highest BCUT2D eigenvalue weighted by atomic mass is 16.5. The maximum atomic E-state index is 5.01. The molecular weight excluding hydrogens is 140 g/mol. The average Bonchev–Trinajstić information content (AvgIpc) is 2.58. The van der Waals surface area contributed by atoms with Gasteiger partial charge in [-0.2, -0.15) is 0 Å². The van der Waals surface area contributed by atoms with Crippen LogP contribution in [-0.4, -0.2) is 16.6 Å². The van der Waals surface area contributed by atoms with Gasteiger partial charge in [0.1, 0.15) is 12.4 Å². The van der Waals surface area contributed by atoms with E-state index in [1.165, 1.54) is 0 Å². The van der Waals surface area contributed by atoms with Gasteiger partial charge in [-0.25, -0.2) is 4.98 Å². The van der Waals surface area contributed by atoms with Crippen LogP contribution in [0.5, 0.6) is 0 Å². The summed E-state index contributed by atoms with van der Waals surface area (Å²) in [6.07, 6.45) is 7.49. The van der Waals surface area contributed by atoms with Crippen LogP contribution in [0.4, 0.5) is 0 Å². The standard InChI is InChI=1S/C8H8N2O/c1-2-7(6-11-5-1)8-9-3-4-10-8/h1-4,7H,5H2,(H,9,10). The molecule has 0 aromatic carbocycles. The van der Waals surface area contributed by atoms with Gasteiger partial charge in [0.05, 0.1) is 12.5 Å². The molecule has 3 nitrogen and oxygen atoms in total. The van der Waals surface area contributed by atoms with Crippen LogP contribution in [-0.2, 0) is 4.74 Å². The van der Waals surface area contributed by atoms with Crippen LogP contribution < -0.4 is 0 Å². The summed E-state index contributed by atoms with van der Waals surface area (Å²) in [5.41, 5.74) is 0. The zero-order valence-corrected chi connectivity index (χ0v) is 5.95. The van der Waals surface area contributed by atoms with Gasteiger partial charge in [-0.1, -0.05) is 12.2 Å². The second-order valence-electron chi connectivity index (χ2n) is 2.31. The van der Waals surface area contributed by atoms with Gasteiger partial charge in [-0.15, -0.1) is 0 Å². The first-order valence-corrected chi connectivity index (χ1v) is 3.50. The third-order valence-corrected chi connectivity index (χ3v) is 1.53. The Morgan fingerprint density at radius 2 is 2.73 bits per heavy atom. The fraction of sp³-hybridized carbons (Fsp3) is 0.250. The van der Waals surface area contributed by atoms with E-state index in [4.69, 9.17) is 4.74 Å². The molecule has 3 heteroatoms. The molecule has 2 radical (unpaired) electrons. The van der Waals surface area contributed by atoms with Crippen LogP contribution >= 0.6 is 0 Å². The summed E-state index contributed by atoms with van der Waals surface area (Å²) in [5, 5.41) is 0. The Balaban J connectivity index is 2.16. The molecule has 1 aliphatic rings. The minimum Gasteiger partial charge on any atom is -0.363 e. The lowest BCUT2D eigenvalue weighted by Crippen LogP contribution is -2.06. The molecule has 2 heterocycles. The maximum Gasteiger partial charge on any atom is 0.148 e. The van der Waals surface area contributed by atoms with Crippen LogP contribution in [0.2, 0.25) is 0 Å². The summed E-state index contributed by atoms with van der Waals surface area (Å²) in [7, 11) is 0. The zero-order chi connectivity index (χ0) is 7.52. The quantitative estimate of drug-likeness (QED) is 0.606. The Morgan fingerprint density at radius 1 is 1.73 bits per heavy atom. The van der Waals surface area contributed by atoms with Crippen molar-refractivity contribution in [3.05, 3.63) is 37.0 Å². The van der Waals surface area contributed by atoms with Gasteiger partial charge < -0.3 is 9.72 Å². The van der Waals surface area contributed by atoms with E-state index in [-0.39, 0.29) is 5.92 Å². The lowest BCUT2D eigenvalue weighted by molar-refractivity contribution is 0.210. The lowest BCUT2D eigenvalue weighted by atomic mass is 10.1. The number of aromatic amines is 1. The normalized spacial score (nSPS) is 23.8. The van der Waals surface area contributed by atoms with Crippen LogP contribution in [0.3, 0.4) is 0 Å². The van der Waals surface area contributed by atoms with Crippen molar-refractivity contribution in [3.63, 3.8) is 0 Å². The molecule has 0 saturated heterocycles. The number of nitrogens with zero attached hydrogens (tertiary/aromatic N) is 1. The van der Waals surface area contributed by atoms with Gasteiger partial charge in [0.2, 0.25) is 0 Å². The van der Waals surface area contributed by atoms with Crippen molar-refractivity contribution >= 4 is 0 Å². The Kier molecular flexibility index (Phi) is 1.73. The van der Waals surface area contributed by atoms with E-state index in [1.54, 1.807) is 12.4 Å². The van der Waals surface area contributed by atoms with Crippen LogP contribution in [0.15, 0.2) is 24.5 Å². The first kappa shape index (κ1) is 6.61. The molecule has 0 aliphatic carbocycles. The highest BCUT2D eigenvalue weighted by molar-refractivity contribution is 5.13. The van der Waals surface area contributed by atoms with E-state index in [2.05, 4.69) is 16.6 Å². The van der Waals surface area contributed by atoms with E-state index in [9.17, 15) is 0 Å². The second kappa shape index (κ2) is 2.88. The smallest absolute Gasteiger partial charge is 0.148 e. The van der Waals surface area contributed by atoms with Gasteiger partial charge in [-0.05, 0) is 0 Å². The van der Waals surface area contributed by atoms with E-state index < -0.39 is 0 Å². The van der Waals surface area contributed by atoms with Gasteiger partial charge in [0, 0.05) is 12.4 Å². The minimum absolute atomic E-state index is 0.0683. The van der Waals surface area contributed by atoms with Gasteiger partial charge in [0.25, 0.3) is 0 Å². The Morgan fingerprint density at radius 3 is 3.36 bits per heavy atom. The predicted octanol–water partition coefficient (Wildman–Crippen LogP) is 1.12. The Bertz CT molecular complexity index is 241. The molecule has 1 aliphatic heterocycles. The number of nitrogens with one attached hydrogen (secondary N) is 1. The molecule has 1 aromatic rings.